The Labute approximate surface area is 314 Å². The molecule has 0 spiro atoms. The molecule has 0 bridgehead atoms. The third-order valence-electron chi connectivity index (χ3n) is 11.4. The summed E-state index contributed by atoms with van der Waals surface area (Å²) >= 11 is 0. The van der Waals surface area contributed by atoms with E-state index in [0.29, 0.717) is 6.04 Å². The summed E-state index contributed by atoms with van der Waals surface area (Å²) in [6.45, 7) is 0. The summed E-state index contributed by atoms with van der Waals surface area (Å²) in [6, 6.07) is 65.2. The van der Waals surface area contributed by atoms with Gasteiger partial charge in [0.15, 0.2) is 0 Å². The molecule has 54 heavy (non-hydrogen) atoms. The molecule has 8 aromatic carbocycles. The standard InChI is InChI=1S/C52H36N2/c1-3-13-43(14-4-1)53-49-18-10-9-17-45(49)47-32-40(26-29-50(47)53)36-19-21-37(22-20-36)41-27-30-51-48(33-41)46-28-25-42(34-52(46)54(51)44-15-5-2-6-16-44)39-24-23-35-11-7-8-12-38(35)31-39/h1-13,15-34,43H,14H2. The van der Waals surface area contributed by atoms with Gasteiger partial charge >= 0.3 is 0 Å². The summed E-state index contributed by atoms with van der Waals surface area (Å²) in [7, 11) is 0. The van der Waals surface area contributed by atoms with E-state index in [1.165, 1.54) is 87.8 Å². The molecule has 1 aliphatic rings. The maximum absolute atomic E-state index is 2.51. The summed E-state index contributed by atoms with van der Waals surface area (Å²) in [6.07, 6.45) is 9.92. The number of nitrogens with zero attached hydrogens (tertiary/aromatic N) is 2. The summed E-state index contributed by atoms with van der Waals surface area (Å²) in [5.74, 6) is 0. The molecule has 0 saturated heterocycles. The first-order valence-electron chi connectivity index (χ1n) is 18.9. The fourth-order valence-electron chi connectivity index (χ4n) is 8.76. The average Bonchev–Trinajstić information content (AvgIpc) is 3.76. The quantitative estimate of drug-likeness (QED) is 0.170. The number of allylic oxidation sites excluding steroid dienone is 4. The topological polar surface area (TPSA) is 9.86 Å². The number of hydrogen-bond acceptors (Lipinski definition) is 0. The largest absolute Gasteiger partial charge is 0.333 e. The molecule has 1 unspecified atom stereocenters. The molecule has 2 heteroatoms. The molecule has 0 fully saturated rings. The van der Waals surface area contributed by atoms with Crippen LogP contribution in [0.2, 0.25) is 0 Å². The van der Waals surface area contributed by atoms with Crippen LogP contribution in [0, 0.1) is 0 Å². The number of benzene rings is 8. The number of rotatable bonds is 5. The zero-order chi connectivity index (χ0) is 35.6. The molecule has 1 aliphatic carbocycles. The van der Waals surface area contributed by atoms with Gasteiger partial charge in [-0.05, 0) is 105 Å². The Morgan fingerprint density at radius 1 is 0.370 bits per heavy atom. The average molecular weight is 689 g/mol. The van der Waals surface area contributed by atoms with E-state index in [9.17, 15) is 0 Å². The first-order chi connectivity index (χ1) is 26.8. The lowest BCUT2D eigenvalue weighted by molar-refractivity contribution is 0.648. The third-order valence-corrected chi connectivity index (χ3v) is 11.4. The predicted octanol–water partition coefficient (Wildman–Crippen LogP) is 14.1. The van der Waals surface area contributed by atoms with Gasteiger partial charge in [0, 0.05) is 38.3 Å². The molecule has 254 valence electrons. The van der Waals surface area contributed by atoms with Crippen molar-refractivity contribution in [2.24, 2.45) is 0 Å². The van der Waals surface area contributed by atoms with Crippen molar-refractivity contribution < 1.29 is 0 Å². The minimum absolute atomic E-state index is 0.327. The van der Waals surface area contributed by atoms with Gasteiger partial charge in [-0.15, -0.1) is 0 Å². The number of hydrogen-bond donors (Lipinski definition) is 0. The van der Waals surface area contributed by atoms with Crippen molar-refractivity contribution in [2.75, 3.05) is 0 Å². The molecule has 0 radical (unpaired) electrons. The van der Waals surface area contributed by atoms with Gasteiger partial charge < -0.3 is 9.13 Å². The highest BCUT2D eigenvalue weighted by molar-refractivity contribution is 6.12. The smallest absolute Gasteiger partial charge is 0.0560 e. The lowest BCUT2D eigenvalue weighted by Gasteiger charge is -2.18. The minimum Gasteiger partial charge on any atom is -0.333 e. The minimum atomic E-state index is 0.327. The monoisotopic (exact) mass is 688 g/mol. The fraction of sp³-hybridized carbons (Fsp3) is 0.0385. The second-order valence-electron chi connectivity index (χ2n) is 14.5. The Balaban J connectivity index is 0.989. The highest BCUT2D eigenvalue weighted by Crippen LogP contribution is 2.39. The highest BCUT2D eigenvalue weighted by atomic mass is 15.0. The van der Waals surface area contributed by atoms with Crippen LogP contribution in [0.5, 0.6) is 0 Å². The molecule has 0 aliphatic heterocycles. The van der Waals surface area contributed by atoms with E-state index >= 15 is 0 Å². The molecule has 11 rings (SSSR count). The summed E-state index contributed by atoms with van der Waals surface area (Å²) < 4.78 is 4.92. The van der Waals surface area contributed by atoms with Crippen molar-refractivity contribution in [3.8, 4) is 39.1 Å². The van der Waals surface area contributed by atoms with Crippen LogP contribution in [-0.2, 0) is 0 Å². The van der Waals surface area contributed by atoms with E-state index in [2.05, 4.69) is 209 Å². The Morgan fingerprint density at radius 3 is 1.72 bits per heavy atom. The molecular formula is C52H36N2. The van der Waals surface area contributed by atoms with Crippen LogP contribution >= 0.6 is 0 Å². The summed E-state index contributed by atoms with van der Waals surface area (Å²) in [5.41, 5.74) is 13.5. The maximum atomic E-state index is 2.51. The molecule has 0 N–H and O–H groups in total. The van der Waals surface area contributed by atoms with Crippen LogP contribution in [0.25, 0.3) is 93.5 Å². The van der Waals surface area contributed by atoms with Crippen molar-refractivity contribution in [1.82, 2.24) is 9.13 Å². The molecule has 2 nitrogen and oxygen atoms in total. The van der Waals surface area contributed by atoms with E-state index < -0.39 is 0 Å². The summed E-state index contributed by atoms with van der Waals surface area (Å²) in [4.78, 5) is 0. The maximum Gasteiger partial charge on any atom is 0.0560 e. The molecule has 0 saturated carbocycles. The third kappa shape index (κ3) is 4.95. The lowest BCUT2D eigenvalue weighted by atomic mass is 9.97. The second-order valence-corrected chi connectivity index (χ2v) is 14.5. The lowest BCUT2D eigenvalue weighted by Crippen LogP contribution is -2.06. The van der Waals surface area contributed by atoms with E-state index in [-0.39, 0.29) is 0 Å². The van der Waals surface area contributed by atoms with E-state index in [0.717, 1.165) is 12.1 Å². The molecular weight excluding hydrogens is 653 g/mol. The van der Waals surface area contributed by atoms with Crippen molar-refractivity contribution in [3.63, 3.8) is 0 Å². The van der Waals surface area contributed by atoms with Gasteiger partial charge in [0.2, 0.25) is 0 Å². The predicted molar refractivity (Wildman–Crippen MR) is 230 cm³/mol. The second kappa shape index (κ2) is 12.4. The molecule has 2 heterocycles. The Morgan fingerprint density at radius 2 is 0.944 bits per heavy atom. The van der Waals surface area contributed by atoms with Crippen molar-refractivity contribution in [1.29, 1.82) is 0 Å². The Hall–Kier alpha value is -6.90. The van der Waals surface area contributed by atoms with Crippen LogP contribution in [0.1, 0.15) is 12.5 Å². The molecule has 2 aromatic heterocycles. The van der Waals surface area contributed by atoms with Crippen LogP contribution in [0.15, 0.2) is 200 Å². The number of fused-ring (bicyclic) bond motifs is 7. The highest BCUT2D eigenvalue weighted by Gasteiger charge is 2.18. The van der Waals surface area contributed by atoms with Crippen LogP contribution < -0.4 is 0 Å². The Kier molecular flexibility index (Phi) is 7.03. The zero-order valence-electron chi connectivity index (χ0n) is 29.7. The molecule has 1 atom stereocenters. The van der Waals surface area contributed by atoms with Crippen LogP contribution in [0.3, 0.4) is 0 Å². The summed E-state index contributed by atoms with van der Waals surface area (Å²) in [5, 5.41) is 7.64. The Bertz CT molecular complexity index is 3120. The molecule has 10 aromatic rings. The van der Waals surface area contributed by atoms with Gasteiger partial charge in [-0.1, -0.05) is 146 Å². The fourth-order valence-corrected chi connectivity index (χ4v) is 8.76. The number of aromatic nitrogens is 2. The zero-order valence-corrected chi connectivity index (χ0v) is 29.7. The van der Waals surface area contributed by atoms with Gasteiger partial charge in [-0.3, -0.25) is 0 Å². The van der Waals surface area contributed by atoms with Gasteiger partial charge in [0.25, 0.3) is 0 Å². The van der Waals surface area contributed by atoms with E-state index in [1.54, 1.807) is 0 Å². The van der Waals surface area contributed by atoms with E-state index in [1.807, 2.05) is 0 Å². The van der Waals surface area contributed by atoms with Gasteiger partial charge in [0.05, 0.1) is 17.1 Å². The van der Waals surface area contributed by atoms with Crippen molar-refractivity contribution in [3.05, 3.63) is 200 Å². The van der Waals surface area contributed by atoms with Gasteiger partial charge in [0.1, 0.15) is 0 Å². The number of para-hydroxylation sites is 2. The van der Waals surface area contributed by atoms with Gasteiger partial charge in [-0.25, -0.2) is 0 Å². The van der Waals surface area contributed by atoms with Crippen LogP contribution in [0.4, 0.5) is 0 Å². The van der Waals surface area contributed by atoms with Crippen molar-refractivity contribution in [2.45, 2.75) is 12.5 Å². The van der Waals surface area contributed by atoms with Crippen molar-refractivity contribution >= 4 is 54.4 Å². The SMILES string of the molecule is C1=CCC(n2c3ccccc3c3cc(-c4ccc(-c5ccc6c(c5)c5ccc(-c7ccc8ccccc8c7)cc5n6-c5ccccc5)cc4)ccc32)C=C1. The molecule has 0 amide bonds. The van der Waals surface area contributed by atoms with Gasteiger partial charge in [-0.2, -0.15) is 0 Å². The normalized spacial score (nSPS) is 14.3. The first-order valence-corrected chi connectivity index (χ1v) is 18.9. The van der Waals surface area contributed by atoms with Crippen LogP contribution in [-0.4, -0.2) is 9.13 Å². The van der Waals surface area contributed by atoms with E-state index in [4.69, 9.17) is 0 Å². The first kappa shape index (κ1) is 30.7.